The lowest BCUT2D eigenvalue weighted by atomic mass is 9.89. The summed E-state index contributed by atoms with van der Waals surface area (Å²) >= 11 is 0. The Labute approximate surface area is 82.9 Å². The summed E-state index contributed by atoms with van der Waals surface area (Å²) in [5.74, 6) is -1.16. The summed E-state index contributed by atoms with van der Waals surface area (Å²) in [4.78, 5) is 11.1. The highest BCUT2D eigenvalue weighted by molar-refractivity contribution is 5.78. The first-order chi connectivity index (χ1) is 6.79. The van der Waals surface area contributed by atoms with Gasteiger partial charge in [0.25, 0.3) is 0 Å². The van der Waals surface area contributed by atoms with E-state index in [0.29, 0.717) is 0 Å². The van der Waals surface area contributed by atoms with E-state index in [1.807, 2.05) is 36.5 Å². The number of rotatable bonds is 3. The molecule has 0 aliphatic heterocycles. The maximum atomic E-state index is 11.1. The SMILES string of the molecule is O=C(O)C(C1=CC=CC1)C1=CC=CC1. The predicted octanol–water partition coefficient (Wildman–Crippen LogP) is 2.46. The molecule has 14 heavy (non-hydrogen) atoms. The van der Waals surface area contributed by atoms with Crippen LogP contribution < -0.4 is 0 Å². The topological polar surface area (TPSA) is 37.3 Å². The second-order valence-electron chi connectivity index (χ2n) is 3.52. The summed E-state index contributed by atoms with van der Waals surface area (Å²) in [7, 11) is 0. The highest BCUT2D eigenvalue weighted by Crippen LogP contribution is 2.31. The van der Waals surface area contributed by atoms with Crippen LogP contribution in [0.4, 0.5) is 0 Å². The van der Waals surface area contributed by atoms with E-state index in [1.54, 1.807) is 0 Å². The zero-order chi connectivity index (χ0) is 9.97. The lowest BCUT2D eigenvalue weighted by Gasteiger charge is -2.14. The van der Waals surface area contributed by atoms with Crippen molar-refractivity contribution in [2.24, 2.45) is 5.92 Å². The van der Waals surface area contributed by atoms with Gasteiger partial charge in [0.1, 0.15) is 0 Å². The van der Waals surface area contributed by atoms with Crippen molar-refractivity contribution >= 4 is 5.97 Å². The van der Waals surface area contributed by atoms with Crippen molar-refractivity contribution in [3.8, 4) is 0 Å². The molecule has 0 aromatic heterocycles. The minimum absolute atomic E-state index is 0.417. The summed E-state index contributed by atoms with van der Waals surface area (Å²) in [5, 5.41) is 9.16. The number of hydrogen-bond acceptors (Lipinski definition) is 1. The molecule has 0 radical (unpaired) electrons. The molecule has 1 N–H and O–H groups in total. The molecule has 0 unspecified atom stereocenters. The Bertz CT molecular complexity index is 340. The van der Waals surface area contributed by atoms with Gasteiger partial charge in [-0.15, -0.1) is 0 Å². The summed E-state index contributed by atoms with van der Waals surface area (Å²) in [6.45, 7) is 0. The van der Waals surface area contributed by atoms with Crippen molar-refractivity contribution in [2.45, 2.75) is 12.8 Å². The molecular formula is C12H12O2. The Kier molecular flexibility index (Phi) is 2.35. The third-order valence-electron chi connectivity index (χ3n) is 2.59. The monoisotopic (exact) mass is 188 g/mol. The van der Waals surface area contributed by atoms with Crippen LogP contribution in [-0.4, -0.2) is 11.1 Å². The van der Waals surface area contributed by atoms with Gasteiger partial charge >= 0.3 is 5.97 Å². The Balaban J connectivity index is 2.20. The summed E-state index contributed by atoms with van der Waals surface area (Å²) in [5.41, 5.74) is 1.99. The number of carbonyl (C=O) groups is 1. The van der Waals surface area contributed by atoms with Gasteiger partial charge in [0.15, 0.2) is 0 Å². The number of hydrogen-bond donors (Lipinski definition) is 1. The van der Waals surface area contributed by atoms with Crippen molar-refractivity contribution in [1.82, 2.24) is 0 Å². The summed E-state index contributed by atoms with van der Waals surface area (Å²) in [6.07, 6.45) is 13.2. The second-order valence-corrected chi connectivity index (χ2v) is 3.52. The van der Waals surface area contributed by atoms with Gasteiger partial charge in [0, 0.05) is 0 Å². The maximum Gasteiger partial charge on any atom is 0.314 e. The van der Waals surface area contributed by atoms with E-state index in [2.05, 4.69) is 0 Å². The minimum atomic E-state index is -0.741. The lowest BCUT2D eigenvalue weighted by Crippen LogP contribution is -2.17. The van der Waals surface area contributed by atoms with Crippen LogP contribution in [0.2, 0.25) is 0 Å². The van der Waals surface area contributed by atoms with Crippen molar-refractivity contribution in [3.05, 3.63) is 47.6 Å². The molecule has 2 heteroatoms. The fraction of sp³-hybridized carbons (Fsp3) is 0.250. The van der Waals surface area contributed by atoms with Crippen molar-refractivity contribution in [1.29, 1.82) is 0 Å². The largest absolute Gasteiger partial charge is 0.481 e. The first-order valence-corrected chi connectivity index (χ1v) is 4.73. The van der Waals surface area contributed by atoms with Gasteiger partial charge in [0.2, 0.25) is 0 Å². The second kappa shape index (κ2) is 3.66. The predicted molar refractivity (Wildman–Crippen MR) is 54.8 cm³/mol. The highest BCUT2D eigenvalue weighted by Gasteiger charge is 2.26. The van der Waals surface area contributed by atoms with Gasteiger partial charge in [-0.05, 0) is 24.0 Å². The summed E-state index contributed by atoms with van der Waals surface area (Å²) in [6, 6.07) is 0. The van der Waals surface area contributed by atoms with Crippen LogP contribution in [0.1, 0.15) is 12.8 Å². The van der Waals surface area contributed by atoms with Crippen LogP contribution in [-0.2, 0) is 4.79 Å². The van der Waals surface area contributed by atoms with Gasteiger partial charge < -0.3 is 5.11 Å². The Hall–Kier alpha value is -1.57. The molecule has 0 saturated heterocycles. The van der Waals surface area contributed by atoms with E-state index < -0.39 is 11.9 Å². The highest BCUT2D eigenvalue weighted by atomic mass is 16.4. The normalized spacial score (nSPS) is 18.9. The third-order valence-corrected chi connectivity index (χ3v) is 2.59. The minimum Gasteiger partial charge on any atom is -0.481 e. The van der Waals surface area contributed by atoms with Gasteiger partial charge in [-0.25, -0.2) is 0 Å². The van der Waals surface area contributed by atoms with E-state index >= 15 is 0 Å². The van der Waals surface area contributed by atoms with Crippen molar-refractivity contribution < 1.29 is 9.90 Å². The quantitative estimate of drug-likeness (QED) is 0.738. The van der Waals surface area contributed by atoms with Crippen LogP contribution in [0, 0.1) is 5.92 Å². The number of carboxylic acids is 1. The van der Waals surface area contributed by atoms with E-state index in [1.165, 1.54) is 0 Å². The molecule has 0 bridgehead atoms. The molecule has 2 rings (SSSR count). The van der Waals surface area contributed by atoms with Gasteiger partial charge in [0.05, 0.1) is 5.92 Å². The number of allylic oxidation sites excluding steroid dienone is 6. The Morgan fingerprint density at radius 2 is 1.64 bits per heavy atom. The zero-order valence-corrected chi connectivity index (χ0v) is 7.81. The standard InChI is InChI=1S/C12H12O2/c13-12(14)11(9-5-1-2-6-9)10-7-3-4-8-10/h1-5,7,11H,6,8H2,(H,13,14). The van der Waals surface area contributed by atoms with E-state index in [4.69, 9.17) is 5.11 Å². The van der Waals surface area contributed by atoms with E-state index in [0.717, 1.165) is 24.0 Å². The molecule has 2 nitrogen and oxygen atoms in total. The first kappa shape index (κ1) is 9.00. The number of carboxylic acid groups (broad SMARTS) is 1. The molecule has 0 atom stereocenters. The maximum absolute atomic E-state index is 11.1. The zero-order valence-electron chi connectivity index (χ0n) is 7.81. The molecule has 0 heterocycles. The van der Waals surface area contributed by atoms with Crippen molar-refractivity contribution in [3.63, 3.8) is 0 Å². The van der Waals surface area contributed by atoms with Crippen LogP contribution in [0.25, 0.3) is 0 Å². The van der Waals surface area contributed by atoms with Gasteiger partial charge in [-0.3, -0.25) is 4.79 Å². The fourth-order valence-electron chi connectivity index (χ4n) is 1.91. The van der Waals surface area contributed by atoms with Crippen molar-refractivity contribution in [2.75, 3.05) is 0 Å². The fourth-order valence-corrected chi connectivity index (χ4v) is 1.91. The van der Waals surface area contributed by atoms with Gasteiger partial charge in [-0.1, -0.05) is 36.5 Å². The number of aliphatic carboxylic acids is 1. The van der Waals surface area contributed by atoms with E-state index in [-0.39, 0.29) is 0 Å². The van der Waals surface area contributed by atoms with Crippen LogP contribution in [0.3, 0.4) is 0 Å². The molecule has 0 spiro atoms. The molecule has 72 valence electrons. The smallest absolute Gasteiger partial charge is 0.314 e. The first-order valence-electron chi connectivity index (χ1n) is 4.73. The Morgan fingerprint density at radius 3 is 1.93 bits per heavy atom. The van der Waals surface area contributed by atoms with Crippen LogP contribution in [0.15, 0.2) is 47.6 Å². The molecular weight excluding hydrogens is 176 g/mol. The molecule has 0 amide bonds. The average molecular weight is 188 g/mol. The van der Waals surface area contributed by atoms with Crippen LogP contribution in [0.5, 0.6) is 0 Å². The third kappa shape index (κ3) is 1.55. The van der Waals surface area contributed by atoms with Crippen LogP contribution >= 0.6 is 0 Å². The molecule has 0 fully saturated rings. The molecule has 2 aliphatic carbocycles. The van der Waals surface area contributed by atoms with Gasteiger partial charge in [-0.2, -0.15) is 0 Å². The Morgan fingerprint density at radius 1 is 1.14 bits per heavy atom. The molecule has 2 aliphatic rings. The van der Waals surface area contributed by atoms with E-state index in [9.17, 15) is 4.79 Å². The molecule has 0 aromatic carbocycles. The average Bonchev–Trinajstić information content (AvgIpc) is 2.75. The molecule has 0 aromatic rings. The summed E-state index contributed by atoms with van der Waals surface area (Å²) < 4.78 is 0. The molecule has 0 saturated carbocycles. The lowest BCUT2D eigenvalue weighted by molar-refractivity contribution is -0.139.